The monoisotopic (exact) mass is 657 g/mol. The van der Waals surface area contributed by atoms with Crippen LogP contribution in [0.1, 0.15) is 46.7 Å². The molecule has 3 N–H and O–H groups in total. The van der Waals surface area contributed by atoms with Gasteiger partial charge in [-0.1, -0.05) is 97.1 Å². The number of nitrogens with one attached hydrogen (secondary N) is 1. The first kappa shape index (κ1) is 33.9. The predicted octanol–water partition coefficient (Wildman–Crippen LogP) is 4.98. The number of amides is 2. The van der Waals surface area contributed by atoms with Crippen LogP contribution in [0.5, 0.6) is 5.75 Å². The zero-order valence-electron chi connectivity index (χ0n) is 27.5. The molecule has 252 valence electrons. The normalized spacial score (nSPS) is 21.1. The average Bonchev–Trinajstić information content (AvgIpc) is 3.58. The van der Waals surface area contributed by atoms with Crippen LogP contribution in [0.15, 0.2) is 109 Å². The van der Waals surface area contributed by atoms with E-state index in [1.54, 1.807) is 6.07 Å². The number of hydrogen-bond donors (Lipinski definition) is 3. The molecule has 8 nitrogen and oxygen atoms in total. The van der Waals surface area contributed by atoms with Crippen LogP contribution in [0.25, 0.3) is 0 Å². The predicted molar refractivity (Wildman–Crippen MR) is 186 cm³/mol. The molecule has 6 rings (SSSR count). The van der Waals surface area contributed by atoms with E-state index in [-0.39, 0.29) is 43.3 Å². The molecule has 1 heterocycles. The third-order valence-corrected chi connectivity index (χ3v) is 9.79. The first-order chi connectivity index (χ1) is 23.9. The van der Waals surface area contributed by atoms with Crippen LogP contribution in [0.4, 0.5) is 0 Å². The zero-order chi connectivity index (χ0) is 34.2. The Balaban J connectivity index is 1.18. The fraction of sp³-hybridized carbons (Fsp3) is 0.341. The number of carbonyl (C=O) groups is 2. The molecule has 0 spiro atoms. The van der Waals surface area contributed by atoms with Gasteiger partial charge in [0, 0.05) is 30.8 Å². The summed E-state index contributed by atoms with van der Waals surface area (Å²) in [6.07, 6.45) is 1.21. The Morgan fingerprint density at radius 2 is 1.61 bits per heavy atom. The summed E-state index contributed by atoms with van der Waals surface area (Å²) in [5.74, 6) is -0.505. The summed E-state index contributed by atoms with van der Waals surface area (Å²) in [7, 11) is 0. The van der Waals surface area contributed by atoms with Crippen molar-refractivity contribution in [1.82, 2.24) is 10.2 Å². The molecule has 2 aliphatic rings. The number of carbonyl (C=O) groups excluding carboxylic acids is 2. The first-order valence-electron chi connectivity index (χ1n) is 17.1. The molecular formula is C41H43N3O5. The molecule has 0 aromatic heterocycles. The van der Waals surface area contributed by atoms with E-state index in [2.05, 4.69) is 17.4 Å². The molecule has 0 bridgehead atoms. The number of nitriles is 1. The van der Waals surface area contributed by atoms with Crippen molar-refractivity contribution in [1.29, 1.82) is 5.26 Å². The highest BCUT2D eigenvalue weighted by atomic mass is 16.5. The summed E-state index contributed by atoms with van der Waals surface area (Å²) in [6.45, 7) is 0.0695. The van der Waals surface area contributed by atoms with Crippen LogP contribution in [0.2, 0.25) is 0 Å². The number of aliphatic hydroxyl groups is 2. The van der Waals surface area contributed by atoms with E-state index < -0.39 is 24.2 Å². The minimum atomic E-state index is -0.941. The van der Waals surface area contributed by atoms with Crippen molar-refractivity contribution in [3.63, 3.8) is 0 Å². The second-order valence-electron chi connectivity index (χ2n) is 13.3. The van der Waals surface area contributed by atoms with Crippen molar-refractivity contribution < 1.29 is 24.5 Å². The van der Waals surface area contributed by atoms with Gasteiger partial charge >= 0.3 is 0 Å². The van der Waals surface area contributed by atoms with Crippen molar-refractivity contribution in [2.75, 3.05) is 13.2 Å². The smallest absolute Gasteiger partial charge is 0.226 e. The number of likely N-dealkylation sites (tertiary alicyclic amines) is 1. The van der Waals surface area contributed by atoms with Crippen LogP contribution in [0, 0.1) is 23.2 Å². The van der Waals surface area contributed by atoms with Crippen molar-refractivity contribution in [2.45, 2.75) is 62.8 Å². The van der Waals surface area contributed by atoms with Gasteiger partial charge in [0.05, 0.1) is 18.2 Å². The SMILES string of the molecule is N#CCOc1cccc(C[C@H]2C[C@H](Cc3ccccc3)N(C[C@@H](O)C[C@@H](Cc3ccccc3)C(=O)NC3c4ccccc4C[C@H]3O)C2=O)c1. The second-order valence-corrected chi connectivity index (χ2v) is 13.3. The molecule has 4 aromatic carbocycles. The molecule has 4 aromatic rings. The number of ether oxygens (including phenoxy) is 1. The number of β-amino-alcohol motifs (C(OH)–C–C–N with tert-alkyl or cyclic N) is 1. The molecule has 1 aliphatic heterocycles. The molecule has 0 saturated carbocycles. The van der Waals surface area contributed by atoms with Gasteiger partial charge < -0.3 is 25.2 Å². The topological polar surface area (TPSA) is 123 Å². The number of fused-ring (bicyclic) bond motifs is 1. The van der Waals surface area contributed by atoms with Crippen molar-refractivity contribution in [3.05, 3.63) is 137 Å². The molecule has 1 fully saturated rings. The summed E-state index contributed by atoms with van der Waals surface area (Å²) in [5.41, 5.74) is 4.98. The third-order valence-electron chi connectivity index (χ3n) is 9.79. The number of aliphatic hydroxyl groups excluding tert-OH is 2. The lowest BCUT2D eigenvalue weighted by Gasteiger charge is -2.29. The highest BCUT2D eigenvalue weighted by molar-refractivity contribution is 5.82. The molecule has 49 heavy (non-hydrogen) atoms. The van der Waals surface area contributed by atoms with Crippen molar-refractivity contribution in [3.8, 4) is 11.8 Å². The van der Waals surface area contributed by atoms with Gasteiger partial charge in [0.1, 0.15) is 11.8 Å². The summed E-state index contributed by atoms with van der Waals surface area (Å²) in [5, 5.41) is 34.4. The van der Waals surface area contributed by atoms with Crippen molar-refractivity contribution >= 4 is 11.8 Å². The van der Waals surface area contributed by atoms with E-state index in [4.69, 9.17) is 10.00 Å². The van der Waals surface area contributed by atoms with Gasteiger partial charge in [-0.2, -0.15) is 5.26 Å². The standard InChI is InChI=1S/C41H43N3O5/c42-18-19-49-36-16-9-14-30(23-36)21-33-24-34(22-29-12-5-2-6-13-29)44(41(33)48)27-35(45)25-32(20-28-10-3-1-4-11-28)40(47)43-39-37-17-8-7-15-31(37)26-38(39)46/h1-17,23,32-35,38-39,45-46H,19-22,24-27H2,(H,43,47)/t32-,33+,34+,35+,38-,39?/m1/s1. The molecule has 1 unspecified atom stereocenters. The molecule has 0 radical (unpaired) electrons. The summed E-state index contributed by atoms with van der Waals surface area (Å²) >= 11 is 0. The zero-order valence-corrected chi connectivity index (χ0v) is 27.5. The lowest BCUT2D eigenvalue weighted by Crippen LogP contribution is -2.43. The van der Waals surface area contributed by atoms with E-state index in [9.17, 15) is 19.8 Å². The van der Waals surface area contributed by atoms with Crippen LogP contribution in [-0.2, 0) is 35.3 Å². The van der Waals surface area contributed by atoms with Gasteiger partial charge in [0.15, 0.2) is 6.61 Å². The largest absolute Gasteiger partial charge is 0.479 e. The van der Waals surface area contributed by atoms with E-state index in [1.165, 1.54) is 0 Å². The Hall–Kier alpha value is -4.97. The maximum absolute atomic E-state index is 14.0. The Morgan fingerprint density at radius 3 is 2.37 bits per heavy atom. The van der Waals surface area contributed by atoms with E-state index in [0.717, 1.165) is 27.8 Å². The summed E-state index contributed by atoms with van der Waals surface area (Å²) < 4.78 is 5.49. The van der Waals surface area contributed by atoms with Gasteiger partial charge in [-0.25, -0.2) is 0 Å². The van der Waals surface area contributed by atoms with Crippen LogP contribution < -0.4 is 10.1 Å². The minimum absolute atomic E-state index is 0.0157. The molecule has 1 aliphatic carbocycles. The second kappa shape index (κ2) is 16.0. The molecule has 2 amide bonds. The minimum Gasteiger partial charge on any atom is -0.479 e. The summed E-state index contributed by atoms with van der Waals surface area (Å²) in [6, 6.07) is 36.4. The lowest BCUT2D eigenvalue weighted by molar-refractivity contribution is -0.133. The Morgan fingerprint density at radius 1 is 0.918 bits per heavy atom. The summed E-state index contributed by atoms with van der Waals surface area (Å²) in [4.78, 5) is 29.8. The fourth-order valence-corrected chi connectivity index (χ4v) is 7.45. The lowest BCUT2D eigenvalue weighted by atomic mass is 9.91. The molecule has 1 saturated heterocycles. The van der Waals surface area contributed by atoms with Gasteiger partial charge in [-0.3, -0.25) is 9.59 Å². The maximum Gasteiger partial charge on any atom is 0.226 e. The van der Waals surface area contributed by atoms with E-state index in [0.29, 0.717) is 37.9 Å². The third kappa shape index (κ3) is 8.55. The van der Waals surface area contributed by atoms with Crippen LogP contribution in [0.3, 0.4) is 0 Å². The Labute approximate surface area is 288 Å². The quantitative estimate of drug-likeness (QED) is 0.176. The highest BCUT2D eigenvalue weighted by Gasteiger charge is 2.41. The first-order valence-corrected chi connectivity index (χ1v) is 17.1. The van der Waals surface area contributed by atoms with Gasteiger partial charge in [0.2, 0.25) is 11.8 Å². The maximum atomic E-state index is 14.0. The Kier molecular flexibility index (Phi) is 11.0. The van der Waals surface area contributed by atoms with Crippen LogP contribution >= 0.6 is 0 Å². The highest BCUT2D eigenvalue weighted by Crippen LogP contribution is 2.33. The van der Waals surface area contributed by atoms with Gasteiger partial charge in [0.25, 0.3) is 0 Å². The average molecular weight is 658 g/mol. The molecule has 8 heteroatoms. The Bertz CT molecular complexity index is 1760. The van der Waals surface area contributed by atoms with Gasteiger partial charge in [-0.15, -0.1) is 0 Å². The fourth-order valence-electron chi connectivity index (χ4n) is 7.45. The van der Waals surface area contributed by atoms with Gasteiger partial charge in [-0.05, 0) is 72.1 Å². The van der Waals surface area contributed by atoms with E-state index in [1.807, 2.05) is 102 Å². The molecular weight excluding hydrogens is 614 g/mol. The van der Waals surface area contributed by atoms with Crippen LogP contribution in [-0.4, -0.2) is 58.3 Å². The van der Waals surface area contributed by atoms with Crippen molar-refractivity contribution in [2.24, 2.45) is 11.8 Å². The van der Waals surface area contributed by atoms with E-state index >= 15 is 0 Å². The number of nitrogens with zero attached hydrogens (tertiary/aromatic N) is 2. The number of hydrogen-bond acceptors (Lipinski definition) is 6. The number of rotatable bonds is 14. The molecule has 6 atom stereocenters. The number of benzene rings is 4.